The fourth-order valence-electron chi connectivity index (χ4n) is 2.07. The lowest BCUT2D eigenvalue weighted by molar-refractivity contribution is 0.329. The second-order valence-electron chi connectivity index (χ2n) is 5.42. The maximum atomic E-state index is 12.4. The first-order valence-corrected chi connectivity index (χ1v) is 9.61. The number of hydrazone groups is 1. The molecule has 2 aromatic rings. The Kier molecular flexibility index (Phi) is 9.04. The van der Waals surface area contributed by atoms with E-state index >= 15 is 0 Å². The fourth-order valence-corrected chi connectivity index (χ4v) is 3.48. The van der Waals surface area contributed by atoms with Crippen molar-refractivity contribution >= 4 is 46.3 Å². The molecular formula is C17H20Cl2N4O4S. The zero-order valence-corrected chi connectivity index (χ0v) is 17.3. The van der Waals surface area contributed by atoms with Gasteiger partial charge >= 0.3 is 10.1 Å². The molecule has 11 heteroatoms. The molecule has 0 unspecified atom stereocenters. The summed E-state index contributed by atoms with van der Waals surface area (Å²) >= 11 is 5.94. The normalized spacial score (nSPS) is 10.9. The van der Waals surface area contributed by atoms with Crippen molar-refractivity contribution in [3.63, 3.8) is 0 Å². The highest BCUT2D eigenvalue weighted by Gasteiger charge is 2.20. The van der Waals surface area contributed by atoms with E-state index in [0.29, 0.717) is 18.8 Å². The fraction of sp³-hybridized carbons (Fsp3) is 0.176. The van der Waals surface area contributed by atoms with Gasteiger partial charge < -0.3 is 14.7 Å². The van der Waals surface area contributed by atoms with E-state index in [9.17, 15) is 8.42 Å². The van der Waals surface area contributed by atoms with Gasteiger partial charge in [0.2, 0.25) is 5.96 Å². The molecule has 4 N–H and O–H groups in total. The zero-order chi connectivity index (χ0) is 19.9. The second kappa shape index (κ2) is 10.7. The number of hydrogen-bond donors (Lipinski definition) is 3. The first kappa shape index (κ1) is 23.5. The number of nitrogens with zero attached hydrogens (tertiary/aromatic N) is 1. The van der Waals surface area contributed by atoms with Crippen LogP contribution in [0.4, 0.5) is 0 Å². The third kappa shape index (κ3) is 7.26. The van der Waals surface area contributed by atoms with E-state index in [-0.39, 0.29) is 34.0 Å². The van der Waals surface area contributed by atoms with Gasteiger partial charge in [0, 0.05) is 18.7 Å². The minimum Gasteiger partial charge on any atom is -0.493 e. The molecule has 0 amide bonds. The van der Waals surface area contributed by atoms with Crippen LogP contribution in [0, 0.1) is 12.3 Å². The molecule has 0 spiro atoms. The van der Waals surface area contributed by atoms with Gasteiger partial charge in [-0.05, 0) is 36.8 Å². The van der Waals surface area contributed by atoms with Gasteiger partial charge in [-0.2, -0.15) is 13.5 Å². The predicted octanol–water partition coefficient (Wildman–Crippen LogP) is 3.08. The molecule has 0 bridgehead atoms. The van der Waals surface area contributed by atoms with Crippen molar-refractivity contribution in [2.24, 2.45) is 10.8 Å². The molecule has 0 aliphatic carbocycles. The van der Waals surface area contributed by atoms with E-state index in [0.717, 1.165) is 5.56 Å². The lowest BCUT2D eigenvalue weighted by Crippen LogP contribution is -2.25. The van der Waals surface area contributed by atoms with Crippen LogP contribution in [0.3, 0.4) is 0 Å². The minimum absolute atomic E-state index is 0. The van der Waals surface area contributed by atoms with Gasteiger partial charge in [-0.15, -0.1) is 12.4 Å². The Morgan fingerprint density at radius 1 is 1.29 bits per heavy atom. The Morgan fingerprint density at radius 2 is 1.96 bits per heavy atom. The van der Waals surface area contributed by atoms with E-state index < -0.39 is 10.1 Å². The van der Waals surface area contributed by atoms with Crippen LogP contribution >= 0.6 is 24.0 Å². The van der Waals surface area contributed by atoms with Gasteiger partial charge in [0.05, 0.1) is 11.6 Å². The maximum absolute atomic E-state index is 12.4. The molecule has 0 fully saturated rings. The number of halogens is 2. The van der Waals surface area contributed by atoms with E-state index in [4.69, 9.17) is 31.7 Å². The highest BCUT2D eigenvalue weighted by molar-refractivity contribution is 7.87. The number of guanidine groups is 1. The highest BCUT2D eigenvalue weighted by atomic mass is 35.5. The molecular weight excluding hydrogens is 427 g/mol. The Labute approximate surface area is 174 Å². The van der Waals surface area contributed by atoms with E-state index in [1.807, 2.05) is 0 Å². The van der Waals surface area contributed by atoms with Gasteiger partial charge in [0.25, 0.3) is 0 Å². The topological polar surface area (TPSA) is 127 Å². The smallest absolute Gasteiger partial charge is 0.340 e. The summed E-state index contributed by atoms with van der Waals surface area (Å²) in [6, 6.07) is 10.9. The molecule has 2 aromatic carbocycles. The third-order valence-corrected chi connectivity index (χ3v) is 4.88. The summed E-state index contributed by atoms with van der Waals surface area (Å²) < 4.78 is 35.6. The molecule has 8 nitrogen and oxygen atoms in total. The number of hydrogen-bond acceptors (Lipinski definition) is 6. The van der Waals surface area contributed by atoms with Crippen molar-refractivity contribution in [3.8, 4) is 11.5 Å². The van der Waals surface area contributed by atoms with E-state index in [2.05, 4.69) is 10.5 Å². The quantitative estimate of drug-likeness (QED) is 0.188. The van der Waals surface area contributed by atoms with Crippen LogP contribution in [0.2, 0.25) is 5.02 Å². The highest BCUT2D eigenvalue weighted by Crippen LogP contribution is 2.28. The van der Waals surface area contributed by atoms with Crippen molar-refractivity contribution in [1.82, 2.24) is 5.43 Å². The second-order valence-corrected chi connectivity index (χ2v) is 7.35. The molecule has 0 saturated carbocycles. The van der Waals surface area contributed by atoms with Crippen LogP contribution in [-0.2, 0) is 10.1 Å². The first-order chi connectivity index (χ1) is 12.8. The van der Waals surface area contributed by atoms with Gasteiger partial charge in [-0.3, -0.25) is 5.41 Å². The molecule has 0 atom stereocenters. The number of aryl methyl sites for hydroxylation is 1. The Bertz CT molecular complexity index is 952. The molecule has 0 aromatic heterocycles. The van der Waals surface area contributed by atoms with Crippen LogP contribution in [0.1, 0.15) is 12.0 Å². The lowest BCUT2D eigenvalue weighted by atomic mass is 10.2. The minimum atomic E-state index is -4.07. The van der Waals surface area contributed by atoms with Crippen LogP contribution in [0.15, 0.2) is 52.5 Å². The molecule has 0 radical (unpaired) electrons. The van der Waals surface area contributed by atoms with Crippen LogP contribution in [0.25, 0.3) is 0 Å². The van der Waals surface area contributed by atoms with E-state index in [1.165, 1.54) is 24.4 Å². The number of rotatable bonds is 8. The summed E-state index contributed by atoms with van der Waals surface area (Å²) in [5, 5.41) is 10.7. The lowest BCUT2D eigenvalue weighted by Gasteiger charge is -2.11. The van der Waals surface area contributed by atoms with Crippen molar-refractivity contribution in [2.75, 3.05) is 6.61 Å². The summed E-state index contributed by atoms with van der Waals surface area (Å²) in [4.78, 5) is -0.107. The van der Waals surface area contributed by atoms with Crippen LogP contribution < -0.4 is 20.1 Å². The number of ether oxygens (including phenoxy) is 1. The van der Waals surface area contributed by atoms with E-state index in [1.54, 1.807) is 31.2 Å². The molecule has 0 aliphatic heterocycles. The van der Waals surface area contributed by atoms with Crippen molar-refractivity contribution in [2.45, 2.75) is 18.2 Å². The van der Waals surface area contributed by atoms with Gasteiger partial charge in [0.15, 0.2) is 0 Å². The molecule has 0 heterocycles. The first-order valence-electron chi connectivity index (χ1n) is 7.83. The summed E-state index contributed by atoms with van der Waals surface area (Å²) in [5.41, 5.74) is 8.14. The average Bonchev–Trinajstić information content (AvgIpc) is 2.57. The number of benzene rings is 2. The Morgan fingerprint density at radius 3 is 2.64 bits per heavy atom. The van der Waals surface area contributed by atoms with Gasteiger partial charge in [0.1, 0.15) is 16.4 Å². The maximum Gasteiger partial charge on any atom is 0.340 e. The summed E-state index contributed by atoms with van der Waals surface area (Å²) in [5.74, 6) is 0.316. The standard InChI is InChI=1S/C17H19ClN4O4S.ClH/c1-12-9-13(25-8-4-7-21-22-17(19)20)11-14(10-12)26-27(23,24)16-6-3-2-5-15(16)18;/h2-3,5-7,9-11H,4,8H2,1H3,(H4,19,20,22);1H/b21-7-;. The Hall–Kier alpha value is -2.49. The summed E-state index contributed by atoms with van der Waals surface area (Å²) in [6.07, 6.45) is 1.97. The third-order valence-electron chi connectivity index (χ3n) is 3.13. The van der Waals surface area contributed by atoms with Crippen LogP contribution in [0.5, 0.6) is 11.5 Å². The summed E-state index contributed by atoms with van der Waals surface area (Å²) in [7, 11) is -4.07. The van der Waals surface area contributed by atoms with Crippen LogP contribution in [-0.4, -0.2) is 27.2 Å². The molecule has 0 saturated heterocycles. The molecule has 28 heavy (non-hydrogen) atoms. The predicted molar refractivity (Wildman–Crippen MR) is 111 cm³/mol. The number of nitrogens with two attached hydrogens (primary N) is 1. The van der Waals surface area contributed by atoms with Gasteiger partial charge in [-0.25, -0.2) is 5.43 Å². The molecule has 152 valence electrons. The zero-order valence-electron chi connectivity index (χ0n) is 14.9. The van der Waals surface area contributed by atoms with Gasteiger partial charge in [-0.1, -0.05) is 23.7 Å². The molecule has 0 aliphatic rings. The Balaban J connectivity index is 0.00000392. The molecule has 2 rings (SSSR count). The SMILES string of the molecule is Cc1cc(OCC/C=N\NC(=N)N)cc(OS(=O)(=O)c2ccccc2Cl)c1.Cl. The summed E-state index contributed by atoms with van der Waals surface area (Å²) in [6.45, 7) is 2.09. The van der Waals surface area contributed by atoms with Crippen molar-refractivity contribution in [3.05, 3.63) is 53.1 Å². The monoisotopic (exact) mass is 446 g/mol. The average molecular weight is 447 g/mol. The largest absolute Gasteiger partial charge is 0.493 e. The number of nitrogens with one attached hydrogen (secondary N) is 2. The van der Waals surface area contributed by atoms with Crippen molar-refractivity contribution in [1.29, 1.82) is 5.41 Å². The van der Waals surface area contributed by atoms with Crippen molar-refractivity contribution < 1.29 is 17.3 Å².